The molecule has 0 saturated heterocycles. The van der Waals surface area contributed by atoms with E-state index in [2.05, 4.69) is 12.2 Å². The van der Waals surface area contributed by atoms with E-state index in [0.29, 0.717) is 23.4 Å². The van der Waals surface area contributed by atoms with E-state index in [9.17, 15) is 14.4 Å². The van der Waals surface area contributed by atoms with Gasteiger partial charge in [-0.15, -0.1) is 0 Å². The van der Waals surface area contributed by atoms with Crippen molar-refractivity contribution in [2.45, 2.75) is 45.4 Å². The monoisotopic (exact) mass is 468 g/mol. The Hall–Kier alpha value is -3.19. The number of nitrogens with zero attached hydrogens (tertiary/aromatic N) is 1. The van der Waals surface area contributed by atoms with Crippen LogP contribution in [0.15, 0.2) is 54.6 Å². The lowest BCUT2D eigenvalue weighted by atomic mass is 10.1. The summed E-state index contributed by atoms with van der Waals surface area (Å²) in [6, 6.07) is 15.5. The quantitative estimate of drug-likeness (QED) is 0.305. The molecule has 0 aromatic heterocycles. The highest BCUT2D eigenvalue weighted by atomic mass is 16.5. The first-order chi connectivity index (χ1) is 16.5. The fraction of sp³-hybridized carbons (Fsp3) is 0.444. The molecule has 0 aliphatic rings. The molecule has 0 radical (unpaired) electrons. The molecule has 0 bridgehead atoms. The SMILES string of the molecule is CCCCCCCCOCC(=O)N(C)c1cccc(C(=O)NCCOC(=O)c2ccccc2)c1. The number of hydrogen-bond acceptors (Lipinski definition) is 5. The molecule has 184 valence electrons. The van der Waals surface area contributed by atoms with Crippen molar-refractivity contribution < 1.29 is 23.9 Å². The predicted octanol–water partition coefficient (Wildman–Crippen LogP) is 4.61. The molecule has 0 aliphatic carbocycles. The van der Waals surface area contributed by atoms with Gasteiger partial charge in [-0.1, -0.05) is 63.3 Å². The second kappa shape index (κ2) is 15.6. The van der Waals surface area contributed by atoms with Crippen molar-refractivity contribution in [3.05, 3.63) is 65.7 Å². The van der Waals surface area contributed by atoms with E-state index in [1.54, 1.807) is 55.6 Å². The van der Waals surface area contributed by atoms with Gasteiger partial charge in [0.1, 0.15) is 13.2 Å². The number of likely N-dealkylation sites (N-methyl/N-ethyl adjacent to an activating group) is 1. The number of ether oxygens (including phenoxy) is 2. The highest BCUT2D eigenvalue weighted by molar-refractivity contribution is 5.98. The molecular formula is C27H36N2O5. The number of carbonyl (C=O) groups excluding carboxylic acids is 3. The van der Waals surface area contributed by atoms with E-state index in [1.807, 2.05) is 6.07 Å². The zero-order valence-corrected chi connectivity index (χ0v) is 20.3. The Balaban J connectivity index is 1.71. The van der Waals surface area contributed by atoms with Gasteiger partial charge in [-0.2, -0.15) is 0 Å². The summed E-state index contributed by atoms with van der Waals surface area (Å²) in [7, 11) is 1.66. The molecule has 7 nitrogen and oxygen atoms in total. The summed E-state index contributed by atoms with van der Waals surface area (Å²) in [5.74, 6) is -0.912. The van der Waals surface area contributed by atoms with Crippen LogP contribution in [0.1, 0.15) is 66.2 Å². The summed E-state index contributed by atoms with van der Waals surface area (Å²) in [5, 5.41) is 2.72. The highest BCUT2D eigenvalue weighted by Crippen LogP contribution is 2.15. The first-order valence-corrected chi connectivity index (χ1v) is 12.0. The van der Waals surface area contributed by atoms with E-state index in [0.717, 1.165) is 12.8 Å². The number of unbranched alkanes of at least 4 members (excludes halogenated alkanes) is 5. The van der Waals surface area contributed by atoms with Crippen molar-refractivity contribution in [3.63, 3.8) is 0 Å². The molecule has 2 aromatic rings. The lowest BCUT2D eigenvalue weighted by molar-refractivity contribution is -0.122. The summed E-state index contributed by atoms with van der Waals surface area (Å²) in [6.45, 7) is 3.02. The van der Waals surface area contributed by atoms with Crippen LogP contribution in [-0.2, 0) is 14.3 Å². The minimum absolute atomic E-state index is 0.00860. The summed E-state index contributed by atoms with van der Waals surface area (Å²) in [5.41, 5.74) is 1.49. The van der Waals surface area contributed by atoms with Crippen LogP contribution in [0.3, 0.4) is 0 Å². The number of hydrogen-bond donors (Lipinski definition) is 1. The molecule has 0 saturated carbocycles. The zero-order valence-electron chi connectivity index (χ0n) is 20.3. The lowest BCUT2D eigenvalue weighted by Crippen LogP contribution is -2.31. The maximum atomic E-state index is 12.5. The number of anilines is 1. The van der Waals surface area contributed by atoms with Gasteiger partial charge in [-0.25, -0.2) is 4.79 Å². The number of amides is 2. The van der Waals surface area contributed by atoms with Gasteiger partial charge in [-0.05, 0) is 36.8 Å². The largest absolute Gasteiger partial charge is 0.460 e. The molecule has 7 heteroatoms. The molecular weight excluding hydrogens is 432 g/mol. The standard InChI is InChI=1S/C27H36N2O5/c1-3-4-5-6-7-11-18-33-21-25(30)29(2)24-16-12-15-23(20-24)26(31)28-17-19-34-27(32)22-13-9-8-10-14-22/h8-10,12-16,20H,3-7,11,17-19,21H2,1-2H3,(H,28,31). The Bertz CT molecular complexity index is 901. The lowest BCUT2D eigenvalue weighted by Gasteiger charge is -2.18. The second-order valence-corrected chi connectivity index (χ2v) is 8.08. The Morgan fingerprint density at radius 2 is 1.56 bits per heavy atom. The number of benzene rings is 2. The van der Waals surface area contributed by atoms with Crippen LogP contribution in [0.25, 0.3) is 0 Å². The topological polar surface area (TPSA) is 84.9 Å². The van der Waals surface area contributed by atoms with Gasteiger partial charge in [0.2, 0.25) is 0 Å². The molecule has 0 fully saturated rings. The Kier molecular flexibility index (Phi) is 12.4. The van der Waals surface area contributed by atoms with E-state index in [1.165, 1.54) is 30.6 Å². The molecule has 1 N–H and O–H groups in total. The van der Waals surface area contributed by atoms with Gasteiger partial charge in [0.15, 0.2) is 0 Å². The van der Waals surface area contributed by atoms with Crippen molar-refractivity contribution in [1.29, 1.82) is 0 Å². The van der Waals surface area contributed by atoms with Gasteiger partial charge >= 0.3 is 5.97 Å². The van der Waals surface area contributed by atoms with Crippen LogP contribution >= 0.6 is 0 Å². The third-order valence-corrected chi connectivity index (χ3v) is 5.37. The first-order valence-electron chi connectivity index (χ1n) is 12.0. The molecule has 0 unspecified atom stereocenters. The van der Waals surface area contributed by atoms with Crippen LogP contribution in [-0.4, -0.2) is 51.2 Å². The van der Waals surface area contributed by atoms with Crippen LogP contribution < -0.4 is 10.2 Å². The van der Waals surface area contributed by atoms with Gasteiger partial charge in [0, 0.05) is 24.9 Å². The number of rotatable bonds is 15. The van der Waals surface area contributed by atoms with Crippen molar-refractivity contribution >= 4 is 23.5 Å². The Morgan fingerprint density at radius 1 is 0.853 bits per heavy atom. The van der Waals surface area contributed by atoms with Crippen molar-refractivity contribution in [2.75, 3.05) is 38.3 Å². The van der Waals surface area contributed by atoms with Crippen molar-refractivity contribution in [3.8, 4) is 0 Å². The summed E-state index contributed by atoms with van der Waals surface area (Å²) < 4.78 is 10.7. The number of esters is 1. The minimum Gasteiger partial charge on any atom is -0.460 e. The predicted molar refractivity (Wildman–Crippen MR) is 133 cm³/mol. The smallest absolute Gasteiger partial charge is 0.338 e. The van der Waals surface area contributed by atoms with Gasteiger partial charge < -0.3 is 19.7 Å². The second-order valence-electron chi connectivity index (χ2n) is 8.08. The third kappa shape index (κ3) is 9.75. The highest BCUT2D eigenvalue weighted by Gasteiger charge is 2.14. The van der Waals surface area contributed by atoms with Crippen molar-refractivity contribution in [1.82, 2.24) is 5.32 Å². The van der Waals surface area contributed by atoms with Crippen LogP contribution in [0, 0.1) is 0 Å². The van der Waals surface area contributed by atoms with Gasteiger partial charge in [-0.3, -0.25) is 9.59 Å². The number of carbonyl (C=O) groups is 3. The Labute approximate surface area is 202 Å². The van der Waals surface area contributed by atoms with Gasteiger partial charge in [0.25, 0.3) is 11.8 Å². The first kappa shape index (κ1) is 27.1. The summed E-state index contributed by atoms with van der Waals surface area (Å²) >= 11 is 0. The fourth-order valence-corrected chi connectivity index (χ4v) is 3.31. The van der Waals surface area contributed by atoms with E-state index in [4.69, 9.17) is 9.47 Å². The van der Waals surface area contributed by atoms with Gasteiger partial charge in [0.05, 0.1) is 12.1 Å². The fourth-order valence-electron chi connectivity index (χ4n) is 3.31. The van der Waals surface area contributed by atoms with Crippen LogP contribution in [0.5, 0.6) is 0 Å². The molecule has 0 aliphatic heterocycles. The van der Waals surface area contributed by atoms with E-state index < -0.39 is 5.97 Å². The number of nitrogens with one attached hydrogen (secondary N) is 1. The normalized spacial score (nSPS) is 10.5. The van der Waals surface area contributed by atoms with E-state index in [-0.39, 0.29) is 31.6 Å². The molecule has 0 atom stereocenters. The average Bonchev–Trinajstić information content (AvgIpc) is 2.87. The average molecular weight is 469 g/mol. The molecule has 0 heterocycles. The maximum Gasteiger partial charge on any atom is 0.338 e. The Morgan fingerprint density at radius 3 is 2.32 bits per heavy atom. The van der Waals surface area contributed by atoms with Crippen LogP contribution in [0.2, 0.25) is 0 Å². The van der Waals surface area contributed by atoms with Crippen molar-refractivity contribution in [2.24, 2.45) is 0 Å². The van der Waals surface area contributed by atoms with E-state index >= 15 is 0 Å². The molecule has 0 spiro atoms. The molecule has 2 amide bonds. The maximum absolute atomic E-state index is 12.5. The summed E-state index contributed by atoms with van der Waals surface area (Å²) in [6.07, 6.45) is 7.02. The van der Waals surface area contributed by atoms with Crippen LogP contribution in [0.4, 0.5) is 5.69 Å². The molecule has 2 aromatic carbocycles. The summed E-state index contributed by atoms with van der Waals surface area (Å²) in [4.78, 5) is 38.3. The molecule has 2 rings (SSSR count). The third-order valence-electron chi connectivity index (χ3n) is 5.37. The molecule has 34 heavy (non-hydrogen) atoms. The zero-order chi connectivity index (χ0) is 24.6. The minimum atomic E-state index is -0.435.